The van der Waals surface area contributed by atoms with Gasteiger partial charge in [0.2, 0.25) is 0 Å². The fourth-order valence-electron chi connectivity index (χ4n) is 2.40. The van der Waals surface area contributed by atoms with E-state index in [0.717, 1.165) is 0 Å². The van der Waals surface area contributed by atoms with Crippen molar-refractivity contribution in [3.63, 3.8) is 0 Å². The van der Waals surface area contributed by atoms with Crippen molar-refractivity contribution in [2.75, 3.05) is 19.6 Å². The molecule has 0 bridgehead atoms. The Hall–Kier alpha value is -2.04. The molecule has 0 aliphatic carbocycles. The molecule has 108 valence electrons. The summed E-state index contributed by atoms with van der Waals surface area (Å²) in [6.45, 7) is 3.43. The summed E-state index contributed by atoms with van der Waals surface area (Å²) >= 11 is 0. The summed E-state index contributed by atoms with van der Waals surface area (Å²) in [7, 11) is 0. The normalized spacial score (nSPS) is 19.6. The van der Waals surface area contributed by atoms with E-state index >= 15 is 0 Å². The number of carbonyl (C=O) groups is 2. The van der Waals surface area contributed by atoms with Crippen LogP contribution in [0, 0.1) is 5.92 Å². The van der Waals surface area contributed by atoms with Gasteiger partial charge in [-0.05, 0) is 17.9 Å². The molecular weight excluding hydrogens is 256 g/mol. The van der Waals surface area contributed by atoms with Crippen LogP contribution in [0.4, 0.5) is 4.79 Å². The van der Waals surface area contributed by atoms with Gasteiger partial charge in [0.15, 0.2) is 0 Å². The molecule has 0 radical (unpaired) electrons. The predicted molar refractivity (Wildman–Crippen MR) is 75.6 cm³/mol. The first-order valence-corrected chi connectivity index (χ1v) is 6.88. The maximum atomic E-state index is 12.0. The van der Waals surface area contributed by atoms with Crippen molar-refractivity contribution in [3.05, 3.63) is 35.9 Å². The Bertz CT molecular complexity index is 475. The van der Waals surface area contributed by atoms with Crippen LogP contribution in [-0.4, -0.2) is 41.6 Å². The first-order chi connectivity index (χ1) is 9.58. The average Bonchev–Trinajstić information content (AvgIpc) is 2.95. The van der Waals surface area contributed by atoms with Gasteiger partial charge in [-0.15, -0.1) is 0 Å². The van der Waals surface area contributed by atoms with E-state index in [0.29, 0.717) is 26.1 Å². The van der Waals surface area contributed by atoms with Gasteiger partial charge in [0.1, 0.15) is 0 Å². The van der Waals surface area contributed by atoms with Crippen LogP contribution in [0.15, 0.2) is 30.3 Å². The number of likely N-dealkylation sites (tertiary alicyclic amines) is 1. The molecule has 2 amide bonds. The maximum Gasteiger partial charge on any atom is 0.317 e. The Morgan fingerprint density at radius 1 is 1.40 bits per heavy atom. The number of benzene rings is 1. The van der Waals surface area contributed by atoms with Crippen molar-refractivity contribution in [3.8, 4) is 0 Å². The van der Waals surface area contributed by atoms with Gasteiger partial charge in [0, 0.05) is 19.6 Å². The summed E-state index contributed by atoms with van der Waals surface area (Å²) < 4.78 is 0. The number of hydrogen-bond donors (Lipinski definition) is 2. The highest BCUT2D eigenvalue weighted by molar-refractivity contribution is 5.77. The summed E-state index contributed by atoms with van der Waals surface area (Å²) in [6, 6.07) is 9.82. The lowest BCUT2D eigenvalue weighted by Gasteiger charge is -2.19. The van der Waals surface area contributed by atoms with Gasteiger partial charge < -0.3 is 15.3 Å². The quantitative estimate of drug-likeness (QED) is 0.882. The molecule has 1 aromatic carbocycles. The fraction of sp³-hybridized carbons (Fsp3) is 0.467. The molecule has 0 spiro atoms. The molecule has 5 heteroatoms. The van der Waals surface area contributed by atoms with Crippen molar-refractivity contribution < 1.29 is 14.7 Å². The van der Waals surface area contributed by atoms with Gasteiger partial charge in [-0.2, -0.15) is 0 Å². The second-order valence-corrected chi connectivity index (χ2v) is 5.27. The van der Waals surface area contributed by atoms with Gasteiger partial charge in [-0.3, -0.25) is 4.79 Å². The first-order valence-electron chi connectivity index (χ1n) is 6.88. The van der Waals surface area contributed by atoms with Gasteiger partial charge in [-0.1, -0.05) is 37.3 Å². The molecule has 1 aromatic rings. The molecule has 1 saturated heterocycles. The zero-order chi connectivity index (χ0) is 14.5. The highest BCUT2D eigenvalue weighted by Crippen LogP contribution is 2.17. The highest BCUT2D eigenvalue weighted by atomic mass is 16.4. The minimum Gasteiger partial charge on any atom is -0.481 e. The van der Waals surface area contributed by atoms with E-state index in [-0.39, 0.29) is 11.9 Å². The molecule has 0 aromatic heterocycles. The van der Waals surface area contributed by atoms with E-state index in [1.807, 2.05) is 30.3 Å². The molecule has 2 atom stereocenters. The molecule has 2 rings (SSSR count). The van der Waals surface area contributed by atoms with Crippen molar-refractivity contribution >= 4 is 12.0 Å². The van der Waals surface area contributed by atoms with Crippen LogP contribution in [-0.2, 0) is 4.79 Å². The third-order valence-electron chi connectivity index (χ3n) is 3.75. The number of amides is 2. The standard InChI is InChI=1S/C15H20N2O3/c1-11(12-5-3-2-4-6-12)9-16-15(20)17-8-7-13(10-17)14(18)19/h2-6,11,13H,7-10H2,1H3,(H,16,20)(H,18,19). The number of aliphatic carboxylic acids is 1. The lowest BCUT2D eigenvalue weighted by molar-refractivity contribution is -0.141. The summed E-state index contributed by atoms with van der Waals surface area (Å²) in [5.41, 5.74) is 1.18. The minimum atomic E-state index is -0.821. The van der Waals surface area contributed by atoms with Crippen LogP contribution in [0.5, 0.6) is 0 Å². The van der Waals surface area contributed by atoms with Crippen LogP contribution in [0.2, 0.25) is 0 Å². The monoisotopic (exact) mass is 276 g/mol. The molecule has 2 N–H and O–H groups in total. The third kappa shape index (κ3) is 3.50. The molecular formula is C15H20N2O3. The van der Waals surface area contributed by atoms with E-state index in [1.165, 1.54) is 5.56 Å². The number of urea groups is 1. The van der Waals surface area contributed by atoms with E-state index in [2.05, 4.69) is 12.2 Å². The largest absolute Gasteiger partial charge is 0.481 e. The lowest BCUT2D eigenvalue weighted by atomic mass is 10.0. The zero-order valence-corrected chi connectivity index (χ0v) is 11.6. The number of carbonyl (C=O) groups excluding carboxylic acids is 1. The van der Waals surface area contributed by atoms with Gasteiger partial charge >= 0.3 is 12.0 Å². The number of carboxylic acids is 1. The minimum absolute atomic E-state index is 0.170. The van der Waals surface area contributed by atoms with E-state index in [4.69, 9.17) is 5.11 Å². The fourth-order valence-corrected chi connectivity index (χ4v) is 2.40. The third-order valence-corrected chi connectivity index (χ3v) is 3.75. The summed E-state index contributed by atoms with van der Waals surface area (Å²) in [6.07, 6.45) is 0.539. The summed E-state index contributed by atoms with van der Waals surface area (Å²) in [5.74, 6) is -1.01. The van der Waals surface area contributed by atoms with Crippen molar-refractivity contribution in [2.24, 2.45) is 5.92 Å². The second kappa shape index (κ2) is 6.41. The Balaban J connectivity index is 1.80. The van der Waals surface area contributed by atoms with E-state index < -0.39 is 11.9 Å². The first kappa shape index (κ1) is 14.4. The predicted octanol–water partition coefficient (Wildman–Crippen LogP) is 1.91. The summed E-state index contributed by atoms with van der Waals surface area (Å²) in [5, 5.41) is 11.8. The van der Waals surface area contributed by atoms with Gasteiger partial charge in [0.05, 0.1) is 5.92 Å². The van der Waals surface area contributed by atoms with Gasteiger partial charge in [-0.25, -0.2) is 4.79 Å². The van der Waals surface area contributed by atoms with Crippen molar-refractivity contribution in [1.82, 2.24) is 10.2 Å². The number of rotatable bonds is 4. The van der Waals surface area contributed by atoms with Gasteiger partial charge in [0.25, 0.3) is 0 Å². The second-order valence-electron chi connectivity index (χ2n) is 5.27. The average molecular weight is 276 g/mol. The molecule has 1 heterocycles. The Labute approximate surface area is 118 Å². The number of carboxylic acid groups (broad SMARTS) is 1. The Kier molecular flexibility index (Phi) is 4.61. The SMILES string of the molecule is CC(CNC(=O)N1CCC(C(=O)O)C1)c1ccccc1. The molecule has 20 heavy (non-hydrogen) atoms. The zero-order valence-electron chi connectivity index (χ0n) is 11.6. The van der Waals surface area contributed by atoms with Crippen LogP contribution < -0.4 is 5.32 Å². The number of nitrogens with one attached hydrogen (secondary N) is 1. The van der Waals surface area contributed by atoms with Crippen LogP contribution in [0.25, 0.3) is 0 Å². The lowest BCUT2D eigenvalue weighted by Crippen LogP contribution is -2.40. The smallest absolute Gasteiger partial charge is 0.317 e. The Morgan fingerprint density at radius 2 is 2.10 bits per heavy atom. The van der Waals surface area contributed by atoms with Crippen LogP contribution >= 0.6 is 0 Å². The van der Waals surface area contributed by atoms with Crippen molar-refractivity contribution in [1.29, 1.82) is 0 Å². The molecule has 1 fully saturated rings. The van der Waals surface area contributed by atoms with Crippen LogP contribution in [0.1, 0.15) is 24.8 Å². The number of hydrogen-bond acceptors (Lipinski definition) is 2. The molecule has 2 unspecified atom stereocenters. The molecule has 5 nitrogen and oxygen atoms in total. The topological polar surface area (TPSA) is 69.6 Å². The molecule has 0 saturated carbocycles. The number of nitrogens with zero attached hydrogens (tertiary/aromatic N) is 1. The molecule has 1 aliphatic heterocycles. The van der Waals surface area contributed by atoms with Crippen molar-refractivity contribution in [2.45, 2.75) is 19.3 Å². The summed E-state index contributed by atoms with van der Waals surface area (Å²) in [4.78, 5) is 24.4. The maximum absolute atomic E-state index is 12.0. The Morgan fingerprint density at radius 3 is 2.70 bits per heavy atom. The van der Waals surface area contributed by atoms with Crippen LogP contribution in [0.3, 0.4) is 0 Å². The highest BCUT2D eigenvalue weighted by Gasteiger charge is 2.30. The van der Waals surface area contributed by atoms with E-state index in [1.54, 1.807) is 4.90 Å². The van der Waals surface area contributed by atoms with E-state index in [9.17, 15) is 9.59 Å². The molecule has 1 aliphatic rings.